The zero-order valence-corrected chi connectivity index (χ0v) is 14.3. The summed E-state index contributed by atoms with van der Waals surface area (Å²) in [6, 6.07) is 9.18. The lowest BCUT2D eigenvalue weighted by Gasteiger charge is -2.12. The Hall–Kier alpha value is -2.67. The normalized spacial score (nSPS) is 11.9. The molecule has 2 N–H and O–H groups in total. The van der Waals surface area contributed by atoms with Crippen molar-refractivity contribution in [3.8, 4) is 22.8 Å². The monoisotopic (exact) mass is 342 g/mol. The number of amides is 2. The molecule has 0 aliphatic rings. The van der Waals surface area contributed by atoms with E-state index in [2.05, 4.69) is 20.8 Å². The van der Waals surface area contributed by atoms with Gasteiger partial charge in [-0.3, -0.25) is 0 Å². The summed E-state index contributed by atoms with van der Waals surface area (Å²) in [5.41, 5.74) is 2.45. The Bertz CT molecular complexity index is 796. The molecule has 3 aromatic rings. The molecule has 2 amide bonds. The van der Waals surface area contributed by atoms with Crippen LogP contribution in [-0.4, -0.2) is 22.2 Å². The highest BCUT2D eigenvalue weighted by Gasteiger charge is 2.11. The molecule has 7 heteroatoms. The fourth-order valence-electron chi connectivity index (χ4n) is 2.04. The summed E-state index contributed by atoms with van der Waals surface area (Å²) >= 11 is 1.58. The van der Waals surface area contributed by atoms with Gasteiger partial charge in [0.2, 0.25) is 5.82 Å². The quantitative estimate of drug-likeness (QED) is 0.721. The number of carbonyl (C=O) groups is 1. The van der Waals surface area contributed by atoms with Gasteiger partial charge in [0.05, 0.1) is 5.56 Å². The summed E-state index contributed by atoms with van der Waals surface area (Å²) in [4.78, 5) is 16.2. The van der Waals surface area contributed by atoms with Crippen molar-refractivity contribution >= 4 is 23.1 Å². The average Bonchev–Trinajstić information content (AvgIpc) is 3.26. The molecule has 3 rings (SSSR count). The van der Waals surface area contributed by atoms with Crippen LogP contribution in [0.15, 0.2) is 45.6 Å². The van der Waals surface area contributed by atoms with E-state index in [-0.39, 0.29) is 12.1 Å². The molecule has 0 aliphatic carbocycles. The number of aromatic nitrogens is 2. The number of thiophene rings is 1. The molecule has 0 saturated heterocycles. The number of urea groups is 1. The number of rotatable bonds is 5. The first-order valence-corrected chi connectivity index (χ1v) is 8.64. The first-order valence-electron chi connectivity index (χ1n) is 7.70. The zero-order valence-electron chi connectivity index (χ0n) is 13.4. The summed E-state index contributed by atoms with van der Waals surface area (Å²) < 4.78 is 5.28. The van der Waals surface area contributed by atoms with Crippen LogP contribution < -0.4 is 10.6 Å². The smallest absolute Gasteiger partial charge is 0.319 e. The van der Waals surface area contributed by atoms with Crippen LogP contribution >= 0.6 is 11.3 Å². The molecule has 2 aromatic heterocycles. The van der Waals surface area contributed by atoms with Gasteiger partial charge in [0, 0.05) is 22.7 Å². The molecule has 0 fully saturated rings. The Morgan fingerprint density at radius 2 is 2.04 bits per heavy atom. The molecular weight excluding hydrogens is 324 g/mol. The van der Waals surface area contributed by atoms with E-state index in [0.29, 0.717) is 17.4 Å². The predicted octanol–water partition coefficient (Wildman–Crippen LogP) is 4.39. The number of benzene rings is 1. The minimum absolute atomic E-state index is 0.138. The number of nitrogens with zero attached hydrogens (tertiary/aromatic N) is 2. The molecule has 0 spiro atoms. The molecule has 1 atom stereocenters. The van der Waals surface area contributed by atoms with Crippen molar-refractivity contribution in [2.75, 3.05) is 5.32 Å². The molecule has 0 bridgehead atoms. The predicted molar refractivity (Wildman–Crippen MR) is 95.0 cm³/mol. The third kappa shape index (κ3) is 3.80. The SMILES string of the molecule is CC[C@@H](C)NC(=O)Nc1ccc(-c2noc(-c3ccsc3)n2)cc1. The minimum atomic E-state index is -0.212. The molecule has 0 saturated carbocycles. The molecule has 2 heterocycles. The first kappa shape index (κ1) is 16.2. The molecule has 124 valence electrons. The number of nitrogens with one attached hydrogen (secondary N) is 2. The molecule has 24 heavy (non-hydrogen) atoms. The average molecular weight is 342 g/mol. The highest BCUT2D eigenvalue weighted by Crippen LogP contribution is 2.24. The summed E-state index contributed by atoms with van der Waals surface area (Å²) in [6.07, 6.45) is 0.886. The van der Waals surface area contributed by atoms with E-state index in [4.69, 9.17) is 4.52 Å². The maximum atomic E-state index is 11.8. The van der Waals surface area contributed by atoms with Crippen molar-refractivity contribution in [3.63, 3.8) is 0 Å². The van der Waals surface area contributed by atoms with Crippen LogP contribution in [0.2, 0.25) is 0 Å². The minimum Gasteiger partial charge on any atom is -0.335 e. The van der Waals surface area contributed by atoms with Crippen molar-refractivity contribution in [2.24, 2.45) is 0 Å². The van der Waals surface area contributed by atoms with Gasteiger partial charge >= 0.3 is 6.03 Å². The van der Waals surface area contributed by atoms with Gasteiger partial charge in [-0.05, 0) is 49.1 Å². The van der Waals surface area contributed by atoms with Crippen molar-refractivity contribution in [2.45, 2.75) is 26.3 Å². The van der Waals surface area contributed by atoms with E-state index in [1.807, 2.05) is 54.9 Å². The molecule has 0 radical (unpaired) electrons. The van der Waals surface area contributed by atoms with Gasteiger partial charge < -0.3 is 15.2 Å². The highest BCUT2D eigenvalue weighted by atomic mass is 32.1. The second-order valence-corrected chi connectivity index (χ2v) is 6.20. The van der Waals surface area contributed by atoms with Gasteiger partial charge in [-0.1, -0.05) is 12.1 Å². The van der Waals surface area contributed by atoms with Gasteiger partial charge in [0.1, 0.15) is 0 Å². The van der Waals surface area contributed by atoms with Gasteiger partial charge in [-0.15, -0.1) is 0 Å². The Labute approximate surface area is 143 Å². The Morgan fingerprint density at radius 1 is 1.25 bits per heavy atom. The summed E-state index contributed by atoms with van der Waals surface area (Å²) in [6.45, 7) is 3.99. The molecule has 6 nitrogen and oxygen atoms in total. The lowest BCUT2D eigenvalue weighted by molar-refractivity contribution is 0.249. The van der Waals surface area contributed by atoms with Gasteiger partial charge in [0.25, 0.3) is 5.89 Å². The van der Waals surface area contributed by atoms with E-state index in [0.717, 1.165) is 17.5 Å². The Balaban J connectivity index is 1.67. The zero-order chi connectivity index (χ0) is 16.9. The highest BCUT2D eigenvalue weighted by molar-refractivity contribution is 7.08. The lowest BCUT2D eigenvalue weighted by Crippen LogP contribution is -2.35. The number of anilines is 1. The van der Waals surface area contributed by atoms with Crippen LogP contribution in [0, 0.1) is 0 Å². The first-order chi connectivity index (χ1) is 11.7. The van der Waals surface area contributed by atoms with Crippen LogP contribution in [0.25, 0.3) is 22.8 Å². The van der Waals surface area contributed by atoms with Crippen molar-refractivity contribution in [3.05, 3.63) is 41.1 Å². The van der Waals surface area contributed by atoms with Gasteiger partial charge in [0.15, 0.2) is 0 Å². The fraction of sp³-hybridized carbons (Fsp3) is 0.235. The molecule has 0 aliphatic heterocycles. The number of hydrogen-bond donors (Lipinski definition) is 2. The van der Waals surface area contributed by atoms with E-state index in [9.17, 15) is 4.79 Å². The van der Waals surface area contributed by atoms with Crippen LogP contribution in [0.1, 0.15) is 20.3 Å². The second-order valence-electron chi connectivity index (χ2n) is 5.42. The van der Waals surface area contributed by atoms with Crippen molar-refractivity contribution in [1.82, 2.24) is 15.5 Å². The Kier molecular flexibility index (Phi) is 4.90. The van der Waals surface area contributed by atoms with E-state index in [1.165, 1.54) is 0 Å². The second kappa shape index (κ2) is 7.27. The van der Waals surface area contributed by atoms with Crippen LogP contribution in [0.3, 0.4) is 0 Å². The summed E-state index contributed by atoms with van der Waals surface area (Å²) in [5, 5.41) is 13.6. The van der Waals surface area contributed by atoms with E-state index >= 15 is 0 Å². The third-order valence-corrected chi connectivity index (χ3v) is 4.27. The van der Waals surface area contributed by atoms with Gasteiger partial charge in [-0.25, -0.2) is 4.79 Å². The Morgan fingerprint density at radius 3 is 2.71 bits per heavy atom. The van der Waals surface area contributed by atoms with Crippen molar-refractivity contribution in [1.29, 1.82) is 0 Å². The molecule has 0 unspecified atom stereocenters. The molecular formula is C17H18N4O2S. The fourth-order valence-corrected chi connectivity index (χ4v) is 2.67. The number of carbonyl (C=O) groups excluding carboxylic acids is 1. The van der Waals surface area contributed by atoms with E-state index in [1.54, 1.807) is 11.3 Å². The molecule has 1 aromatic carbocycles. The standard InChI is InChI=1S/C17H18N4O2S/c1-3-11(2)18-17(22)19-14-6-4-12(5-7-14)15-20-16(23-21-15)13-8-9-24-10-13/h4-11H,3H2,1-2H3,(H2,18,19,22)/t11-/m1/s1. The topological polar surface area (TPSA) is 80.0 Å². The van der Waals surface area contributed by atoms with Crippen LogP contribution in [0.4, 0.5) is 10.5 Å². The summed E-state index contributed by atoms with van der Waals surface area (Å²) in [5.74, 6) is 1.02. The number of hydrogen-bond acceptors (Lipinski definition) is 5. The third-order valence-electron chi connectivity index (χ3n) is 3.58. The van der Waals surface area contributed by atoms with E-state index < -0.39 is 0 Å². The van der Waals surface area contributed by atoms with Crippen molar-refractivity contribution < 1.29 is 9.32 Å². The maximum Gasteiger partial charge on any atom is 0.319 e. The van der Waals surface area contributed by atoms with Gasteiger partial charge in [-0.2, -0.15) is 16.3 Å². The lowest BCUT2D eigenvalue weighted by atomic mass is 10.2. The maximum absolute atomic E-state index is 11.8. The van der Waals surface area contributed by atoms with Crippen LogP contribution in [0.5, 0.6) is 0 Å². The largest absolute Gasteiger partial charge is 0.335 e. The van der Waals surface area contributed by atoms with Crippen LogP contribution in [-0.2, 0) is 0 Å². The summed E-state index contributed by atoms with van der Waals surface area (Å²) in [7, 11) is 0.